The summed E-state index contributed by atoms with van der Waals surface area (Å²) in [5, 5.41) is 0. The normalized spacial score (nSPS) is 25.4. The van der Waals surface area contributed by atoms with Gasteiger partial charge < -0.3 is 4.74 Å². The Kier molecular flexibility index (Phi) is 5.98. The van der Waals surface area contributed by atoms with Gasteiger partial charge >= 0.3 is 5.97 Å². The zero-order valence-electron chi connectivity index (χ0n) is 16.4. The lowest BCUT2D eigenvalue weighted by atomic mass is 9.91. The summed E-state index contributed by atoms with van der Waals surface area (Å²) in [7, 11) is 0. The summed E-state index contributed by atoms with van der Waals surface area (Å²) in [4.78, 5) is 14.8. The van der Waals surface area contributed by atoms with Crippen LogP contribution in [0.15, 0.2) is 48.1 Å². The molecule has 2 aliphatic rings. The minimum Gasteiger partial charge on any atom is -0.465 e. The molecule has 0 saturated carbocycles. The van der Waals surface area contributed by atoms with Gasteiger partial charge in [-0.15, -0.1) is 0 Å². The molecule has 3 nitrogen and oxygen atoms in total. The molecule has 1 heterocycles. The SMILES string of the molecule is CC/C=C1/C(c2ccccc2)=C[C@H]2CN(C(C(=O)OCC)C(C)C)CC12. The second-order valence-corrected chi connectivity index (χ2v) is 7.68. The van der Waals surface area contributed by atoms with Gasteiger partial charge in [-0.05, 0) is 41.9 Å². The van der Waals surface area contributed by atoms with E-state index >= 15 is 0 Å². The number of likely N-dealkylation sites (tertiary alicyclic amines) is 1. The molecule has 3 rings (SSSR count). The molecule has 26 heavy (non-hydrogen) atoms. The highest BCUT2D eigenvalue weighted by atomic mass is 16.5. The molecule has 140 valence electrons. The smallest absolute Gasteiger partial charge is 0.323 e. The minimum absolute atomic E-state index is 0.0734. The van der Waals surface area contributed by atoms with Gasteiger partial charge in [-0.2, -0.15) is 0 Å². The summed E-state index contributed by atoms with van der Waals surface area (Å²) in [6.45, 7) is 10.6. The van der Waals surface area contributed by atoms with Crippen molar-refractivity contribution < 1.29 is 9.53 Å². The van der Waals surface area contributed by atoms with Crippen LogP contribution in [-0.2, 0) is 9.53 Å². The number of esters is 1. The molecule has 1 aliphatic heterocycles. The standard InChI is InChI=1S/C23H31NO2/c1-5-10-19-20(17-11-8-7-9-12-17)13-18-14-24(15-21(18)19)22(16(3)4)23(25)26-6-2/h7-13,16,18,21-22H,5-6,14-15H2,1-4H3/b19-10-/t18-,21?,22?/m0/s1. The first-order chi connectivity index (χ1) is 12.6. The van der Waals surface area contributed by atoms with Crippen molar-refractivity contribution in [3.05, 3.63) is 53.6 Å². The van der Waals surface area contributed by atoms with E-state index in [9.17, 15) is 4.79 Å². The van der Waals surface area contributed by atoms with E-state index in [1.54, 1.807) is 0 Å². The fraction of sp³-hybridized carbons (Fsp3) is 0.522. The van der Waals surface area contributed by atoms with E-state index in [1.807, 2.05) is 6.92 Å². The Morgan fingerprint density at radius 2 is 1.96 bits per heavy atom. The molecule has 2 unspecified atom stereocenters. The van der Waals surface area contributed by atoms with Crippen molar-refractivity contribution in [3.8, 4) is 0 Å². The third-order valence-electron chi connectivity index (χ3n) is 5.55. The van der Waals surface area contributed by atoms with Crippen LogP contribution in [-0.4, -0.2) is 36.6 Å². The van der Waals surface area contributed by atoms with Gasteiger partial charge in [0.05, 0.1) is 6.61 Å². The van der Waals surface area contributed by atoms with Crippen LogP contribution in [0.25, 0.3) is 5.57 Å². The topological polar surface area (TPSA) is 29.5 Å². The van der Waals surface area contributed by atoms with Crippen LogP contribution < -0.4 is 0 Å². The molecule has 0 radical (unpaired) electrons. The van der Waals surface area contributed by atoms with Gasteiger partial charge in [-0.3, -0.25) is 9.69 Å². The van der Waals surface area contributed by atoms with Crippen LogP contribution in [0.1, 0.15) is 39.7 Å². The molecule has 3 heteroatoms. The number of ether oxygens (including phenoxy) is 1. The average molecular weight is 354 g/mol. The number of hydrogen-bond donors (Lipinski definition) is 0. The van der Waals surface area contributed by atoms with Gasteiger partial charge in [-0.1, -0.05) is 63.3 Å². The monoisotopic (exact) mass is 353 g/mol. The Labute approximate surface area is 157 Å². The predicted molar refractivity (Wildman–Crippen MR) is 107 cm³/mol. The molecular formula is C23H31NO2. The third kappa shape index (κ3) is 3.64. The molecule has 3 atom stereocenters. The minimum atomic E-state index is -0.142. The second-order valence-electron chi connectivity index (χ2n) is 7.68. The molecule has 1 fully saturated rings. The molecule has 1 aliphatic carbocycles. The van der Waals surface area contributed by atoms with E-state index in [1.165, 1.54) is 16.7 Å². The Bertz CT molecular complexity index is 689. The first kappa shape index (κ1) is 18.9. The first-order valence-electron chi connectivity index (χ1n) is 9.95. The zero-order chi connectivity index (χ0) is 18.7. The number of rotatable bonds is 6. The number of hydrogen-bond acceptors (Lipinski definition) is 3. The number of carbonyl (C=O) groups excluding carboxylic acids is 1. The lowest BCUT2D eigenvalue weighted by Gasteiger charge is -2.29. The summed E-state index contributed by atoms with van der Waals surface area (Å²) < 4.78 is 5.35. The molecule has 0 spiro atoms. The predicted octanol–water partition coefficient (Wildman–Crippen LogP) is 4.56. The van der Waals surface area contributed by atoms with E-state index in [4.69, 9.17) is 4.74 Å². The summed E-state index contributed by atoms with van der Waals surface area (Å²) in [5.41, 5.74) is 4.15. The maximum atomic E-state index is 12.5. The van der Waals surface area contributed by atoms with Crippen LogP contribution in [0.3, 0.4) is 0 Å². The highest BCUT2D eigenvalue weighted by molar-refractivity contribution is 5.83. The fourth-order valence-corrected chi connectivity index (χ4v) is 4.53. The number of carbonyl (C=O) groups is 1. The highest BCUT2D eigenvalue weighted by Crippen LogP contribution is 2.46. The van der Waals surface area contributed by atoms with Crippen LogP contribution in [0.2, 0.25) is 0 Å². The van der Waals surface area contributed by atoms with Crippen LogP contribution >= 0.6 is 0 Å². The number of benzene rings is 1. The van der Waals surface area contributed by atoms with Gasteiger partial charge in [-0.25, -0.2) is 0 Å². The molecule has 0 amide bonds. The van der Waals surface area contributed by atoms with Crippen molar-refractivity contribution in [1.29, 1.82) is 0 Å². The average Bonchev–Trinajstić information content (AvgIpc) is 3.15. The molecule has 1 aromatic carbocycles. The molecule has 0 aromatic heterocycles. The largest absolute Gasteiger partial charge is 0.465 e. The van der Waals surface area contributed by atoms with E-state index in [0.29, 0.717) is 18.4 Å². The molecule has 0 N–H and O–H groups in total. The van der Waals surface area contributed by atoms with Crippen molar-refractivity contribution in [2.24, 2.45) is 17.8 Å². The summed E-state index contributed by atoms with van der Waals surface area (Å²) in [5.74, 6) is 1.15. The molecule has 1 aromatic rings. The van der Waals surface area contributed by atoms with E-state index in [-0.39, 0.29) is 17.9 Å². The zero-order valence-corrected chi connectivity index (χ0v) is 16.4. The van der Waals surface area contributed by atoms with Gasteiger partial charge in [0.2, 0.25) is 0 Å². The lowest BCUT2D eigenvalue weighted by Crippen LogP contribution is -2.44. The Morgan fingerprint density at radius 3 is 2.58 bits per heavy atom. The van der Waals surface area contributed by atoms with Gasteiger partial charge in [0.1, 0.15) is 6.04 Å². The van der Waals surface area contributed by atoms with E-state index < -0.39 is 0 Å². The van der Waals surface area contributed by atoms with E-state index in [0.717, 1.165) is 19.5 Å². The van der Waals surface area contributed by atoms with Gasteiger partial charge in [0.25, 0.3) is 0 Å². The maximum absolute atomic E-state index is 12.5. The van der Waals surface area contributed by atoms with Crippen LogP contribution in [0.4, 0.5) is 0 Å². The van der Waals surface area contributed by atoms with Crippen molar-refractivity contribution in [2.75, 3.05) is 19.7 Å². The quantitative estimate of drug-likeness (QED) is 0.702. The highest BCUT2D eigenvalue weighted by Gasteiger charge is 2.44. The maximum Gasteiger partial charge on any atom is 0.323 e. The third-order valence-corrected chi connectivity index (χ3v) is 5.55. The number of fused-ring (bicyclic) bond motifs is 1. The number of nitrogens with zero attached hydrogens (tertiary/aromatic N) is 1. The molecular weight excluding hydrogens is 322 g/mol. The van der Waals surface area contributed by atoms with Crippen LogP contribution in [0.5, 0.6) is 0 Å². The summed E-state index contributed by atoms with van der Waals surface area (Å²) in [6.07, 6.45) is 5.85. The Balaban J connectivity index is 1.85. The van der Waals surface area contributed by atoms with Crippen molar-refractivity contribution >= 4 is 11.5 Å². The van der Waals surface area contributed by atoms with Crippen molar-refractivity contribution in [1.82, 2.24) is 4.90 Å². The van der Waals surface area contributed by atoms with Crippen molar-refractivity contribution in [2.45, 2.75) is 40.2 Å². The molecule has 0 bridgehead atoms. The Hall–Kier alpha value is -1.87. The Morgan fingerprint density at radius 1 is 1.23 bits per heavy atom. The summed E-state index contributed by atoms with van der Waals surface area (Å²) >= 11 is 0. The van der Waals surface area contributed by atoms with Gasteiger partial charge in [0, 0.05) is 19.0 Å². The summed E-state index contributed by atoms with van der Waals surface area (Å²) in [6, 6.07) is 10.5. The van der Waals surface area contributed by atoms with E-state index in [2.05, 4.69) is 68.2 Å². The van der Waals surface area contributed by atoms with Gasteiger partial charge in [0.15, 0.2) is 0 Å². The molecule has 1 saturated heterocycles. The lowest BCUT2D eigenvalue weighted by molar-refractivity contribution is -0.151. The first-order valence-corrected chi connectivity index (χ1v) is 9.95. The second kappa shape index (κ2) is 8.22. The fourth-order valence-electron chi connectivity index (χ4n) is 4.53. The van der Waals surface area contributed by atoms with Crippen molar-refractivity contribution in [3.63, 3.8) is 0 Å². The number of allylic oxidation sites excluding steroid dienone is 2. The van der Waals surface area contributed by atoms with Crippen LogP contribution in [0, 0.1) is 17.8 Å².